The van der Waals surface area contributed by atoms with Gasteiger partial charge in [0.2, 0.25) is 0 Å². The van der Waals surface area contributed by atoms with Crippen molar-refractivity contribution in [3.05, 3.63) is 41.5 Å². The molecule has 0 saturated heterocycles. The zero-order chi connectivity index (χ0) is 13.8. The van der Waals surface area contributed by atoms with Gasteiger partial charge in [-0.25, -0.2) is 4.79 Å². The van der Waals surface area contributed by atoms with Gasteiger partial charge in [0.1, 0.15) is 12.4 Å². The SMILES string of the molecule is CC(=CC(=O)O)COc1ccc(C(F)(F)F)cc1. The van der Waals surface area contributed by atoms with Crippen LogP contribution < -0.4 is 4.74 Å². The maximum atomic E-state index is 12.3. The number of hydrogen-bond donors (Lipinski definition) is 1. The van der Waals surface area contributed by atoms with Gasteiger partial charge < -0.3 is 9.84 Å². The lowest BCUT2D eigenvalue weighted by Crippen LogP contribution is -2.05. The summed E-state index contributed by atoms with van der Waals surface area (Å²) in [5.41, 5.74) is -0.296. The largest absolute Gasteiger partial charge is 0.489 e. The zero-order valence-electron chi connectivity index (χ0n) is 9.49. The van der Waals surface area contributed by atoms with Crippen LogP contribution in [0, 0.1) is 0 Å². The quantitative estimate of drug-likeness (QED) is 0.846. The van der Waals surface area contributed by atoms with E-state index in [4.69, 9.17) is 9.84 Å². The summed E-state index contributed by atoms with van der Waals surface area (Å²) in [4.78, 5) is 10.3. The van der Waals surface area contributed by atoms with E-state index in [0.29, 0.717) is 5.57 Å². The topological polar surface area (TPSA) is 46.5 Å². The highest BCUT2D eigenvalue weighted by molar-refractivity contribution is 5.80. The van der Waals surface area contributed by atoms with Gasteiger partial charge in [-0.05, 0) is 36.8 Å². The Labute approximate surface area is 101 Å². The first-order valence-electron chi connectivity index (χ1n) is 4.99. The molecule has 0 aliphatic heterocycles. The molecule has 0 heterocycles. The molecule has 0 bridgehead atoms. The zero-order valence-corrected chi connectivity index (χ0v) is 9.49. The van der Waals surface area contributed by atoms with Gasteiger partial charge in [0.25, 0.3) is 0 Å². The van der Waals surface area contributed by atoms with Gasteiger partial charge in [0.15, 0.2) is 0 Å². The molecule has 98 valence electrons. The number of rotatable bonds is 4. The van der Waals surface area contributed by atoms with E-state index in [1.807, 2.05) is 0 Å². The summed E-state index contributed by atoms with van der Waals surface area (Å²) in [7, 11) is 0. The summed E-state index contributed by atoms with van der Waals surface area (Å²) >= 11 is 0. The lowest BCUT2D eigenvalue weighted by Gasteiger charge is -2.09. The van der Waals surface area contributed by atoms with Gasteiger partial charge in [0.05, 0.1) is 5.56 Å². The van der Waals surface area contributed by atoms with Crippen molar-refractivity contribution in [3.63, 3.8) is 0 Å². The van der Waals surface area contributed by atoms with E-state index in [2.05, 4.69) is 0 Å². The van der Waals surface area contributed by atoms with E-state index in [-0.39, 0.29) is 12.4 Å². The smallest absolute Gasteiger partial charge is 0.416 e. The van der Waals surface area contributed by atoms with E-state index >= 15 is 0 Å². The van der Waals surface area contributed by atoms with Crippen LogP contribution in [0.5, 0.6) is 5.75 Å². The third-order valence-corrected chi connectivity index (χ3v) is 2.02. The first-order chi connectivity index (χ1) is 8.29. The molecule has 0 spiro atoms. The van der Waals surface area contributed by atoms with Crippen LogP contribution in [0.3, 0.4) is 0 Å². The van der Waals surface area contributed by atoms with Crippen LogP contribution >= 0.6 is 0 Å². The van der Waals surface area contributed by atoms with Crippen molar-refractivity contribution < 1.29 is 27.8 Å². The molecule has 1 aromatic rings. The Bertz CT molecular complexity index is 447. The van der Waals surface area contributed by atoms with Crippen LogP contribution in [0.15, 0.2) is 35.9 Å². The second-order valence-electron chi connectivity index (χ2n) is 3.64. The highest BCUT2D eigenvalue weighted by Crippen LogP contribution is 2.30. The van der Waals surface area contributed by atoms with Crippen LogP contribution in [0.4, 0.5) is 13.2 Å². The fraction of sp³-hybridized carbons (Fsp3) is 0.250. The lowest BCUT2D eigenvalue weighted by molar-refractivity contribution is -0.137. The third kappa shape index (κ3) is 4.48. The molecule has 0 amide bonds. The first kappa shape index (κ1) is 14.1. The molecule has 0 fully saturated rings. The number of halogens is 3. The van der Waals surface area contributed by atoms with Gasteiger partial charge in [-0.15, -0.1) is 0 Å². The Balaban J connectivity index is 2.63. The summed E-state index contributed by atoms with van der Waals surface area (Å²) in [6, 6.07) is 4.20. The summed E-state index contributed by atoms with van der Waals surface area (Å²) < 4.78 is 41.9. The minimum atomic E-state index is -4.38. The molecule has 0 aliphatic rings. The molecule has 6 heteroatoms. The van der Waals surface area contributed by atoms with E-state index in [1.165, 1.54) is 12.1 Å². The van der Waals surface area contributed by atoms with Gasteiger partial charge >= 0.3 is 12.1 Å². The number of carbonyl (C=O) groups is 1. The molecule has 18 heavy (non-hydrogen) atoms. The molecule has 0 saturated carbocycles. The molecule has 0 radical (unpaired) electrons. The maximum absolute atomic E-state index is 12.3. The number of aliphatic carboxylic acids is 1. The normalized spacial score (nSPS) is 12.3. The van der Waals surface area contributed by atoms with Crippen molar-refractivity contribution in [3.8, 4) is 5.75 Å². The lowest BCUT2D eigenvalue weighted by atomic mass is 10.2. The first-order valence-corrected chi connectivity index (χ1v) is 4.99. The Morgan fingerprint density at radius 3 is 2.33 bits per heavy atom. The molecule has 3 nitrogen and oxygen atoms in total. The van der Waals surface area contributed by atoms with Crippen LogP contribution in [0.1, 0.15) is 12.5 Å². The van der Waals surface area contributed by atoms with E-state index in [1.54, 1.807) is 6.92 Å². The van der Waals surface area contributed by atoms with Gasteiger partial charge in [-0.2, -0.15) is 13.2 Å². The second-order valence-corrected chi connectivity index (χ2v) is 3.64. The minimum absolute atomic E-state index is 0.0116. The molecule has 0 aliphatic carbocycles. The standard InChI is InChI=1S/C12H11F3O3/c1-8(6-11(16)17)7-18-10-4-2-9(3-5-10)12(13,14)15/h2-6H,7H2,1H3,(H,16,17). The molecule has 1 N–H and O–H groups in total. The fourth-order valence-corrected chi connectivity index (χ4v) is 1.19. The van der Waals surface area contributed by atoms with E-state index in [0.717, 1.165) is 18.2 Å². The Kier molecular flexibility index (Phi) is 4.36. The monoisotopic (exact) mass is 260 g/mol. The van der Waals surface area contributed by atoms with E-state index < -0.39 is 17.7 Å². The predicted octanol–water partition coefficient (Wildman–Crippen LogP) is 3.12. The maximum Gasteiger partial charge on any atom is 0.416 e. The summed E-state index contributed by atoms with van der Waals surface area (Å²) in [6.07, 6.45) is -3.40. The summed E-state index contributed by atoms with van der Waals surface area (Å²) in [6.45, 7) is 1.57. The van der Waals surface area contributed by atoms with Crippen LogP contribution in [0.2, 0.25) is 0 Å². The van der Waals surface area contributed by atoms with E-state index in [9.17, 15) is 18.0 Å². The number of alkyl halides is 3. The Morgan fingerprint density at radius 2 is 1.89 bits per heavy atom. The molecule has 1 aromatic carbocycles. The molecule has 1 rings (SSSR count). The van der Waals surface area contributed by atoms with Crippen molar-refractivity contribution >= 4 is 5.97 Å². The van der Waals surface area contributed by atoms with Crippen LogP contribution in [-0.4, -0.2) is 17.7 Å². The number of benzene rings is 1. The highest BCUT2D eigenvalue weighted by atomic mass is 19.4. The van der Waals surface area contributed by atoms with Crippen molar-refractivity contribution in [1.82, 2.24) is 0 Å². The van der Waals surface area contributed by atoms with Crippen molar-refractivity contribution in [2.75, 3.05) is 6.61 Å². The Morgan fingerprint density at radius 1 is 1.33 bits per heavy atom. The third-order valence-electron chi connectivity index (χ3n) is 2.02. The number of hydrogen-bond acceptors (Lipinski definition) is 2. The van der Waals surface area contributed by atoms with Crippen molar-refractivity contribution in [1.29, 1.82) is 0 Å². The number of carboxylic acid groups (broad SMARTS) is 1. The molecule has 0 aromatic heterocycles. The molecule has 0 unspecified atom stereocenters. The number of ether oxygens (including phenoxy) is 1. The molecular formula is C12H11F3O3. The predicted molar refractivity (Wildman–Crippen MR) is 58.3 cm³/mol. The fourth-order valence-electron chi connectivity index (χ4n) is 1.19. The number of carboxylic acids is 1. The summed E-state index contributed by atoms with van der Waals surface area (Å²) in [5, 5.41) is 8.45. The van der Waals surface area contributed by atoms with Gasteiger partial charge in [-0.3, -0.25) is 0 Å². The average molecular weight is 260 g/mol. The molecular weight excluding hydrogens is 249 g/mol. The average Bonchev–Trinajstić information content (AvgIpc) is 2.25. The van der Waals surface area contributed by atoms with Crippen molar-refractivity contribution in [2.45, 2.75) is 13.1 Å². The molecule has 0 atom stereocenters. The Hall–Kier alpha value is -1.98. The van der Waals surface area contributed by atoms with Crippen molar-refractivity contribution in [2.24, 2.45) is 0 Å². The minimum Gasteiger partial charge on any atom is -0.489 e. The van der Waals surface area contributed by atoms with Crippen LogP contribution in [0.25, 0.3) is 0 Å². The highest BCUT2D eigenvalue weighted by Gasteiger charge is 2.29. The van der Waals surface area contributed by atoms with Crippen LogP contribution in [-0.2, 0) is 11.0 Å². The van der Waals surface area contributed by atoms with Gasteiger partial charge in [-0.1, -0.05) is 0 Å². The second kappa shape index (κ2) is 5.57. The van der Waals surface area contributed by atoms with Gasteiger partial charge in [0, 0.05) is 6.08 Å². The summed E-state index contributed by atoms with van der Waals surface area (Å²) in [5.74, 6) is -0.843.